The van der Waals surface area contributed by atoms with Crippen LogP contribution in [-0.4, -0.2) is 35.4 Å². The highest BCUT2D eigenvalue weighted by molar-refractivity contribution is 7.13. The number of esters is 1. The molecule has 0 unspecified atom stereocenters. The van der Waals surface area contributed by atoms with Gasteiger partial charge in [0.2, 0.25) is 0 Å². The van der Waals surface area contributed by atoms with Crippen LogP contribution in [0.5, 0.6) is 0 Å². The maximum absolute atomic E-state index is 12.3. The lowest BCUT2D eigenvalue weighted by molar-refractivity contribution is -0.133. The quantitative estimate of drug-likeness (QED) is 0.553. The lowest BCUT2D eigenvalue weighted by Crippen LogP contribution is -2.31. The summed E-state index contributed by atoms with van der Waals surface area (Å²) >= 11 is 7.31. The molecule has 0 aliphatic heterocycles. The second-order valence-corrected chi connectivity index (χ2v) is 7.60. The molecular formula is C21H19ClN2O3S. The number of likely N-dealkylation sites (N-methyl/N-ethyl adjacent to an activating group) is 1. The van der Waals surface area contributed by atoms with E-state index < -0.39 is 5.97 Å². The molecule has 0 bridgehead atoms. The minimum absolute atomic E-state index is 0.175. The summed E-state index contributed by atoms with van der Waals surface area (Å²) in [5, 5.41) is 2.87. The minimum Gasteiger partial charge on any atom is -0.451 e. The molecule has 3 aromatic rings. The van der Waals surface area contributed by atoms with Gasteiger partial charge in [0.25, 0.3) is 5.91 Å². The first-order valence-electron chi connectivity index (χ1n) is 8.61. The van der Waals surface area contributed by atoms with Crippen molar-refractivity contribution in [3.05, 3.63) is 75.8 Å². The third-order valence-corrected chi connectivity index (χ3v) is 5.33. The normalized spacial score (nSPS) is 10.5. The van der Waals surface area contributed by atoms with Gasteiger partial charge in [0.1, 0.15) is 5.01 Å². The fraction of sp³-hybridized carbons (Fsp3) is 0.190. The molecule has 3 rings (SSSR count). The summed E-state index contributed by atoms with van der Waals surface area (Å²) in [5.41, 5.74) is 3.16. The molecule has 2 aromatic carbocycles. The molecule has 0 saturated carbocycles. The summed E-state index contributed by atoms with van der Waals surface area (Å²) in [6.07, 6.45) is 0. The van der Waals surface area contributed by atoms with Gasteiger partial charge in [-0.15, -0.1) is 11.3 Å². The Morgan fingerprint density at radius 2 is 1.96 bits per heavy atom. The molecular weight excluding hydrogens is 396 g/mol. The van der Waals surface area contributed by atoms with Crippen molar-refractivity contribution in [3.63, 3.8) is 0 Å². The number of amides is 1. The minimum atomic E-state index is -0.623. The Hall–Kier alpha value is -2.70. The zero-order valence-corrected chi connectivity index (χ0v) is 17.1. The zero-order valence-electron chi connectivity index (χ0n) is 15.5. The number of carbonyl (C=O) groups is 2. The summed E-state index contributed by atoms with van der Waals surface area (Å²) in [5.74, 6) is -0.899. The van der Waals surface area contributed by atoms with E-state index in [0.717, 1.165) is 16.7 Å². The maximum atomic E-state index is 12.3. The van der Waals surface area contributed by atoms with E-state index in [1.54, 1.807) is 24.6 Å². The lowest BCUT2D eigenvalue weighted by Gasteiger charge is -2.18. The molecule has 0 atom stereocenters. The van der Waals surface area contributed by atoms with Gasteiger partial charge in [-0.2, -0.15) is 0 Å². The van der Waals surface area contributed by atoms with Gasteiger partial charge in [-0.3, -0.25) is 4.79 Å². The van der Waals surface area contributed by atoms with E-state index in [2.05, 4.69) is 4.98 Å². The second kappa shape index (κ2) is 8.99. The van der Waals surface area contributed by atoms with Crippen molar-refractivity contribution < 1.29 is 14.3 Å². The highest BCUT2D eigenvalue weighted by atomic mass is 35.5. The van der Waals surface area contributed by atoms with Gasteiger partial charge < -0.3 is 9.64 Å². The molecule has 0 fully saturated rings. The smallest absolute Gasteiger partial charge is 0.358 e. The van der Waals surface area contributed by atoms with Crippen molar-refractivity contribution >= 4 is 34.8 Å². The van der Waals surface area contributed by atoms with Crippen LogP contribution in [0.25, 0.3) is 10.6 Å². The number of aryl methyl sites for hydroxylation is 1. The summed E-state index contributed by atoms with van der Waals surface area (Å²) in [6.45, 7) is 2.12. The molecule has 1 heterocycles. The van der Waals surface area contributed by atoms with Crippen molar-refractivity contribution in [1.82, 2.24) is 9.88 Å². The van der Waals surface area contributed by atoms with Crippen LogP contribution in [0.1, 0.15) is 21.6 Å². The van der Waals surface area contributed by atoms with Gasteiger partial charge in [0.05, 0.1) is 0 Å². The Morgan fingerprint density at radius 1 is 1.18 bits per heavy atom. The van der Waals surface area contributed by atoms with Crippen LogP contribution < -0.4 is 0 Å². The standard InChI is InChI=1S/C21H19ClN2O3S/c1-14-6-3-4-7-16(14)11-24(2)19(25)12-27-21(26)18-13-28-20(23-18)15-8-5-9-17(22)10-15/h3-10,13H,11-12H2,1-2H3. The number of halogens is 1. The maximum Gasteiger partial charge on any atom is 0.358 e. The molecule has 7 heteroatoms. The Labute approximate surface area is 172 Å². The SMILES string of the molecule is Cc1ccccc1CN(C)C(=O)COC(=O)c1csc(-c2cccc(Cl)c2)n1. The van der Waals surface area contributed by atoms with Crippen molar-refractivity contribution in [2.24, 2.45) is 0 Å². The Bertz CT molecular complexity index is 1000. The van der Waals surface area contributed by atoms with Crippen LogP contribution in [-0.2, 0) is 16.1 Å². The monoisotopic (exact) mass is 414 g/mol. The highest BCUT2D eigenvalue weighted by Gasteiger charge is 2.17. The number of aromatic nitrogens is 1. The molecule has 0 saturated heterocycles. The number of thiazole rings is 1. The van der Waals surface area contributed by atoms with Crippen molar-refractivity contribution in [3.8, 4) is 10.6 Å². The first-order chi connectivity index (χ1) is 13.4. The van der Waals surface area contributed by atoms with E-state index in [4.69, 9.17) is 16.3 Å². The lowest BCUT2D eigenvalue weighted by atomic mass is 10.1. The molecule has 28 heavy (non-hydrogen) atoms. The van der Waals surface area contributed by atoms with Gasteiger partial charge in [0, 0.05) is 29.6 Å². The fourth-order valence-electron chi connectivity index (χ4n) is 2.56. The van der Waals surface area contributed by atoms with Gasteiger partial charge in [-0.05, 0) is 30.2 Å². The second-order valence-electron chi connectivity index (χ2n) is 6.30. The largest absolute Gasteiger partial charge is 0.451 e. The molecule has 0 aliphatic rings. The Balaban J connectivity index is 1.56. The van der Waals surface area contributed by atoms with E-state index in [1.807, 2.05) is 43.3 Å². The molecule has 0 aliphatic carbocycles. The van der Waals surface area contributed by atoms with Crippen molar-refractivity contribution in [1.29, 1.82) is 0 Å². The Morgan fingerprint density at radius 3 is 2.71 bits per heavy atom. The molecule has 144 valence electrons. The van der Waals surface area contributed by atoms with Gasteiger partial charge >= 0.3 is 5.97 Å². The van der Waals surface area contributed by atoms with Crippen LogP contribution in [0.3, 0.4) is 0 Å². The molecule has 0 radical (unpaired) electrons. The molecule has 5 nitrogen and oxygen atoms in total. The van der Waals surface area contributed by atoms with E-state index in [1.165, 1.54) is 16.2 Å². The van der Waals surface area contributed by atoms with Crippen molar-refractivity contribution in [2.45, 2.75) is 13.5 Å². The average molecular weight is 415 g/mol. The van der Waals surface area contributed by atoms with E-state index in [0.29, 0.717) is 16.6 Å². The van der Waals surface area contributed by atoms with Crippen LogP contribution in [0.2, 0.25) is 5.02 Å². The number of nitrogens with zero attached hydrogens (tertiary/aromatic N) is 2. The number of hydrogen-bond donors (Lipinski definition) is 0. The van der Waals surface area contributed by atoms with Gasteiger partial charge in [-0.25, -0.2) is 9.78 Å². The van der Waals surface area contributed by atoms with E-state index in [-0.39, 0.29) is 18.2 Å². The molecule has 1 aromatic heterocycles. The third-order valence-electron chi connectivity index (χ3n) is 4.21. The zero-order chi connectivity index (χ0) is 20.1. The van der Waals surface area contributed by atoms with Crippen LogP contribution in [0, 0.1) is 6.92 Å². The molecule has 1 amide bonds. The van der Waals surface area contributed by atoms with Crippen molar-refractivity contribution in [2.75, 3.05) is 13.7 Å². The summed E-state index contributed by atoms with van der Waals surface area (Å²) in [7, 11) is 1.68. The van der Waals surface area contributed by atoms with Gasteiger partial charge in [0.15, 0.2) is 12.3 Å². The summed E-state index contributed by atoms with van der Waals surface area (Å²) in [6, 6.07) is 15.1. The van der Waals surface area contributed by atoms with Crippen LogP contribution in [0.4, 0.5) is 0 Å². The van der Waals surface area contributed by atoms with Crippen LogP contribution >= 0.6 is 22.9 Å². The van der Waals surface area contributed by atoms with E-state index >= 15 is 0 Å². The first-order valence-corrected chi connectivity index (χ1v) is 9.87. The predicted molar refractivity (Wildman–Crippen MR) is 110 cm³/mol. The number of hydrogen-bond acceptors (Lipinski definition) is 5. The van der Waals surface area contributed by atoms with Gasteiger partial charge in [-0.1, -0.05) is 48.0 Å². The number of benzene rings is 2. The van der Waals surface area contributed by atoms with Crippen LogP contribution in [0.15, 0.2) is 53.9 Å². The van der Waals surface area contributed by atoms with E-state index in [9.17, 15) is 9.59 Å². The summed E-state index contributed by atoms with van der Waals surface area (Å²) in [4.78, 5) is 30.3. The molecule has 0 N–H and O–H groups in total. The average Bonchev–Trinajstić information content (AvgIpc) is 3.18. The molecule has 0 spiro atoms. The number of ether oxygens (including phenoxy) is 1. The number of carbonyl (C=O) groups excluding carboxylic acids is 2. The highest BCUT2D eigenvalue weighted by Crippen LogP contribution is 2.26. The number of rotatable bonds is 6. The topological polar surface area (TPSA) is 59.5 Å². The fourth-order valence-corrected chi connectivity index (χ4v) is 3.54. The summed E-state index contributed by atoms with van der Waals surface area (Å²) < 4.78 is 5.14. The third kappa shape index (κ3) is 4.97. The first kappa shape index (κ1) is 20.0. The Kier molecular flexibility index (Phi) is 6.44. The predicted octanol–water partition coefficient (Wildman–Crippen LogP) is 4.59.